The molecule has 1 aromatic heterocycles. The summed E-state index contributed by atoms with van der Waals surface area (Å²) in [5.41, 5.74) is 4.52. The summed E-state index contributed by atoms with van der Waals surface area (Å²) in [5, 5.41) is 3.05. The second-order valence-electron chi connectivity index (χ2n) is 7.23. The van der Waals surface area contributed by atoms with Crippen LogP contribution in [0.15, 0.2) is 72.8 Å². The van der Waals surface area contributed by atoms with Gasteiger partial charge in [-0.05, 0) is 55.8 Å². The van der Waals surface area contributed by atoms with Gasteiger partial charge in [-0.15, -0.1) is 0 Å². The molecule has 0 saturated heterocycles. The third-order valence-corrected chi connectivity index (χ3v) is 4.99. The number of hydrogen-bond acceptors (Lipinski definition) is 2. The van der Waals surface area contributed by atoms with Gasteiger partial charge in [0.2, 0.25) is 0 Å². The van der Waals surface area contributed by atoms with Crippen molar-refractivity contribution in [3.8, 4) is 0 Å². The van der Waals surface area contributed by atoms with Gasteiger partial charge in [0.05, 0.1) is 17.1 Å². The fourth-order valence-electron chi connectivity index (χ4n) is 3.41. The van der Waals surface area contributed by atoms with E-state index in [1.54, 1.807) is 12.1 Å². The Morgan fingerprint density at radius 3 is 2.45 bits per heavy atom. The molecule has 4 rings (SSSR count). The van der Waals surface area contributed by atoms with Crippen molar-refractivity contribution in [1.82, 2.24) is 14.9 Å². The lowest BCUT2D eigenvalue weighted by Gasteiger charge is -2.17. The normalized spacial score (nSPS) is 12.1. The molecule has 0 fully saturated rings. The zero-order chi connectivity index (χ0) is 20.4. The van der Waals surface area contributed by atoms with Crippen molar-refractivity contribution in [2.45, 2.75) is 26.4 Å². The smallest absolute Gasteiger partial charge is 0.251 e. The number of imidazole rings is 1. The van der Waals surface area contributed by atoms with E-state index in [1.165, 1.54) is 12.1 Å². The number of carbonyl (C=O) groups excluding carboxylic acids is 1. The number of halogens is 1. The van der Waals surface area contributed by atoms with Crippen LogP contribution in [0.3, 0.4) is 0 Å². The van der Waals surface area contributed by atoms with Gasteiger partial charge in [0.1, 0.15) is 11.6 Å². The number of carbonyl (C=O) groups is 1. The molecule has 4 nitrogen and oxygen atoms in total. The van der Waals surface area contributed by atoms with E-state index in [0.29, 0.717) is 12.1 Å². The lowest BCUT2D eigenvalue weighted by Crippen LogP contribution is -2.28. The van der Waals surface area contributed by atoms with Gasteiger partial charge in [0, 0.05) is 12.1 Å². The molecule has 1 atom stereocenters. The second kappa shape index (κ2) is 7.87. The second-order valence-corrected chi connectivity index (χ2v) is 7.23. The summed E-state index contributed by atoms with van der Waals surface area (Å²) in [7, 11) is 0. The fourth-order valence-corrected chi connectivity index (χ4v) is 3.41. The van der Waals surface area contributed by atoms with E-state index in [4.69, 9.17) is 4.98 Å². The van der Waals surface area contributed by atoms with Crippen LogP contribution >= 0.6 is 0 Å². The third-order valence-electron chi connectivity index (χ3n) is 4.99. The quantitative estimate of drug-likeness (QED) is 0.522. The van der Waals surface area contributed by atoms with E-state index < -0.39 is 0 Å². The maximum Gasteiger partial charge on any atom is 0.251 e. The maximum atomic E-state index is 13.3. The van der Waals surface area contributed by atoms with Gasteiger partial charge in [-0.1, -0.05) is 42.0 Å². The Morgan fingerprint density at radius 1 is 1.03 bits per heavy atom. The molecule has 146 valence electrons. The highest BCUT2D eigenvalue weighted by Crippen LogP contribution is 2.23. The molecule has 4 aromatic rings. The standard InChI is InChI=1S/C24H22FN3O/c1-16-7-11-19(12-8-16)24(29)26-17(2)23-27-21-5-3-4-6-22(21)28(23)15-18-9-13-20(25)14-10-18/h3-14,17H,15H2,1-2H3,(H,26,29). The summed E-state index contributed by atoms with van der Waals surface area (Å²) in [6.45, 7) is 4.46. The van der Waals surface area contributed by atoms with Crippen LogP contribution in [-0.4, -0.2) is 15.5 Å². The zero-order valence-corrected chi connectivity index (χ0v) is 16.4. The van der Waals surface area contributed by atoms with E-state index in [9.17, 15) is 9.18 Å². The van der Waals surface area contributed by atoms with E-state index >= 15 is 0 Å². The van der Waals surface area contributed by atoms with Gasteiger partial charge in [-0.25, -0.2) is 9.37 Å². The topological polar surface area (TPSA) is 46.9 Å². The van der Waals surface area contributed by atoms with Crippen molar-refractivity contribution >= 4 is 16.9 Å². The predicted octanol–water partition coefficient (Wildman–Crippen LogP) is 5.02. The molecule has 0 saturated carbocycles. The molecule has 1 N–H and O–H groups in total. The summed E-state index contributed by atoms with van der Waals surface area (Å²) < 4.78 is 15.4. The van der Waals surface area contributed by atoms with E-state index in [2.05, 4.69) is 9.88 Å². The van der Waals surface area contributed by atoms with E-state index in [0.717, 1.165) is 28.0 Å². The first-order valence-electron chi connectivity index (χ1n) is 9.58. The Labute approximate surface area is 169 Å². The molecule has 1 heterocycles. The highest BCUT2D eigenvalue weighted by atomic mass is 19.1. The van der Waals surface area contributed by atoms with Crippen LogP contribution in [0.5, 0.6) is 0 Å². The molecule has 1 amide bonds. The van der Waals surface area contributed by atoms with Crippen LogP contribution in [0.2, 0.25) is 0 Å². The van der Waals surface area contributed by atoms with Crippen molar-refractivity contribution in [2.24, 2.45) is 0 Å². The lowest BCUT2D eigenvalue weighted by atomic mass is 10.1. The summed E-state index contributed by atoms with van der Waals surface area (Å²) in [4.78, 5) is 17.4. The number of benzene rings is 3. The van der Waals surface area contributed by atoms with Gasteiger partial charge in [0.15, 0.2) is 0 Å². The van der Waals surface area contributed by atoms with E-state index in [1.807, 2.05) is 62.4 Å². The van der Waals surface area contributed by atoms with Gasteiger partial charge < -0.3 is 9.88 Å². The van der Waals surface area contributed by atoms with Crippen LogP contribution in [0, 0.1) is 12.7 Å². The summed E-state index contributed by atoms with van der Waals surface area (Å²) >= 11 is 0. The number of rotatable bonds is 5. The van der Waals surface area contributed by atoms with Gasteiger partial charge in [0.25, 0.3) is 5.91 Å². The highest BCUT2D eigenvalue weighted by Gasteiger charge is 2.19. The predicted molar refractivity (Wildman–Crippen MR) is 112 cm³/mol. The number of nitrogens with one attached hydrogen (secondary N) is 1. The molecule has 0 aliphatic carbocycles. The summed E-state index contributed by atoms with van der Waals surface area (Å²) in [5.74, 6) is 0.358. The first-order valence-corrected chi connectivity index (χ1v) is 9.58. The van der Waals surface area contributed by atoms with Crippen LogP contribution in [-0.2, 0) is 6.54 Å². The number of aryl methyl sites for hydroxylation is 1. The molecule has 0 bridgehead atoms. The van der Waals surface area contributed by atoms with Gasteiger partial charge in [-0.2, -0.15) is 0 Å². The number of fused-ring (bicyclic) bond motifs is 1. The average molecular weight is 387 g/mol. The van der Waals surface area contributed by atoms with Crippen LogP contribution in [0.25, 0.3) is 11.0 Å². The third kappa shape index (κ3) is 4.04. The maximum absolute atomic E-state index is 13.3. The van der Waals surface area contributed by atoms with Gasteiger partial charge >= 0.3 is 0 Å². The van der Waals surface area contributed by atoms with Crippen molar-refractivity contribution in [1.29, 1.82) is 0 Å². The van der Waals surface area contributed by atoms with Crippen LogP contribution in [0.1, 0.15) is 40.3 Å². The lowest BCUT2D eigenvalue weighted by molar-refractivity contribution is 0.0938. The average Bonchev–Trinajstić information content (AvgIpc) is 3.09. The fraction of sp³-hybridized carbons (Fsp3) is 0.167. The highest BCUT2D eigenvalue weighted by molar-refractivity contribution is 5.94. The minimum atomic E-state index is -0.295. The Kier molecular flexibility index (Phi) is 5.12. The van der Waals surface area contributed by atoms with Crippen LogP contribution < -0.4 is 5.32 Å². The van der Waals surface area contributed by atoms with Crippen molar-refractivity contribution in [2.75, 3.05) is 0 Å². The van der Waals surface area contributed by atoms with Crippen LogP contribution in [0.4, 0.5) is 4.39 Å². The minimum Gasteiger partial charge on any atom is -0.342 e. The zero-order valence-electron chi connectivity index (χ0n) is 16.4. The number of nitrogens with zero attached hydrogens (tertiary/aromatic N) is 2. The summed E-state index contributed by atoms with van der Waals surface area (Å²) in [6.07, 6.45) is 0. The molecular weight excluding hydrogens is 365 g/mol. The van der Waals surface area contributed by atoms with Crippen molar-refractivity contribution < 1.29 is 9.18 Å². The monoisotopic (exact) mass is 387 g/mol. The molecule has 0 aliphatic heterocycles. The van der Waals surface area contributed by atoms with Crippen molar-refractivity contribution in [3.63, 3.8) is 0 Å². The molecular formula is C24H22FN3O. The molecule has 0 radical (unpaired) electrons. The molecule has 3 aromatic carbocycles. The Morgan fingerprint density at radius 2 is 1.72 bits per heavy atom. The Hall–Kier alpha value is -3.47. The molecule has 0 spiro atoms. The first-order chi connectivity index (χ1) is 14.0. The van der Waals surface area contributed by atoms with Crippen molar-refractivity contribution in [3.05, 3.63) is 101 Å². The van der Waals surface area contributed by atoms with Gasteiger partial charge in [-0.3, -0.25) is 4.79 Å². The first kappa shape index (κ1) is 18.9. The summed E-state index contributed by atoms with van der Waals surface area (Å²) in [6, 6.07) is 21.5. The Balaban J connectivity index is 1.65. The molecule has 1 unspecified atom stereocenters. The minimum absolute atomic E-state index is 0.141. The number of para-hydroxylation sites is 2. The SMILES string of the molecule is Cc1ccc(C(=O)NC(C)c2nc3ccccc3n2Cc2ccc(F)cc2)cc1. The number of amides is 1. The number of aromatic nitrogens is 2. The largest absolute Gasteiger partial charge is 0.342 e. The Bertz CT molecular complexity index is 1150. The number of hydrogen-bond donors (Lipinski definition) is 1. The molecule has 29 heavy (non-hydrogen) atoms. The molecule has 5 heteroatoms. The van der Waals surface area contributed by atoms with E-state index in [-0.39, 0.29) is 17.8 Å². The molecule has 0 aliphatic rings.